The molecule has 1 aromatic carbocycles. The van der Waals surface area contributed by atoms with Crippen LogP contribution in [-0.2, 0) is 13.5 Å². The van der Waals surface area contributed by atoms with Crippen molar-refractivity contribution in [2.75, 3.05) is 6.54 Å². The first kappa shape index (κ1) is 16.6. The highest BCUT2D eigenvalue weighted by Gasteiger charge is 2.20. The minimum absolute atomic E-state index is 0.0431. The topological polar surface area (TPSA) is 29.9 Å². The third-order valence-electron chi connectivity index (χ3n) is 3.46. The molecule has 1 atom stereocenters. The zero-order valence-electron chi connectivity index (χ0n) is 12.3. The van der Waals surface area contributed by atoms with E-state index in [0.717, 1.165) is 23.4 Å². The van der Waals surface area contributed by atoms with Crippen LogP contribution < -0.4 is 5.32 Å². The van der Waals surface area contributed by atoms with Crippen molar-refractivity contribution in [3.05, 3.63) is 50.2 Å². The second kappa shape index (κ2) is 7.01. The van der Waals surface area contributed by atoms with Crippen LogP contribution >= 0.6 is 34.8 Å². The Morgan fingerprint density at radius 2 is 2.00 bits per heavy atom. The maximum absolute atomic E-state index is 6.33. The number of rotatable bonds is 5. The number of aryl methyl sites for hydroxylation is 2. The molecule has 1 N–H and O–H groups in total. The first-order valence-electron chi connectivity index (χ1n) is 6.80. The minimum atomic E-state index is 0.0431. The summed E-state index contributed by atoms with van der Waals surface area (Å²) in [5, 5.41) is 9.83. The number of nitrogens with one attached hydrogen (secondary N) is 1. The zero-order chi connectivity index (χ0) is 15.6. The molecule has 2 rings (SSSR count). The van der Waals surface area contributed by atoms with E-state index >= 15 is 0 Å². The van der Waals surface area contributed by atoms with Crippen LogP contribution in [0.2, 0.25) is 15.2 Å². The summed E-state index contributed by atoms with van der Waals surface area (Å²) in [5.41, 5.74) is 2.94. The Kier molecular flexibility index (Phi) is 5.55. The molecule has 6 heteroatoms. The average Bonchev–Trinajstić information content (AvgIpc) is 2.67. The van der Waals surface area contributed by atoms with Crippen molar-refractivity contribution in [1.82, 2.24) is 15.1 Å². The molecule has 1 aromatic heterocycles. The van der Waals surface area contributed by atoms with Crippen molar-refractivity contribution < 1.29 is 0 Å². The summed E-state index contributed by atoms with van der Waals surface area (Å²) in [4.78, 5) is 0. The van der Waals surface area contributed by atoms with E-state index in [-0.39, 0.29) is 6.04 Å². The van der Waals surface area contributed by atoms with Crippen molar-refractivity contribution in [2.24, 2.45) is 7.05 Å². The fourth-order valence-corrected chi connectivity index (χ4v) is 3.11. The first-order valence-corrected chi connectivity index (χ1v) is 7.93. The number of aromatic nitrogens is 2. The molecule has 1 unspecified atom stereocenters. The number of hydrogen-bond acceptors (Lipinski definition) is 2. The number of nitrogens with zero attached hydrogens (tertiary/aromatic N) is 2. The van der Waals surface area contributed by atoms with Gasteiger partial charge in [0, 0.05) is 28.7 Å². The molecule has 0 aliphatic rings. The molecule has 3 nitrogen and oxygen atoms in total. The van der Waals surface area contributed by atoms with E-state index in [0.29, 0.717) is 21.6 Å². The van der Waals surface area contributed by atoms with Crippen LogP contribution in [0, 0.1) is 6.92 Å². The van der Waals surface area contributed by atoms with E-state index < -0.39 is 0 Å². The highest BCUT2D eigenvalue weighted by molar-refractivity contribution is 6.33. The summed E-state index contributed by atoms with van der Waals surface area (Å²) >= 11 is 18.8. The second-order valence-electron chi connectivity index (χ2n) is 4.96. The van der Waals surface area contributed by atoms with Crippen molar-refractivity contribution >= 4 is 34.8 Å². The highest BCUT2D eigenvalue weighted by Crippen LogP contribution is 2.31. The van der Waals surface area contributed by atoms with E-state index in [1.165, 1.54) is 0 Å². The lowest BCUT2D eigenvalue weighted by molar-refractivity contribution is 0.549. The Labute approximate surface area is 140 Å². The first-order chi connectivity index (χ1) is 9.93. The third kappa shape index (κ3) is 3.72. The van der Waals surface area contributed by atoms with Crippen molar-refractivity contribution in [1.29, 1.82) is 0 Å². The van der Waals surface area contributed by atoms with Gasteiger partial charge in [-0.05, 0) is 43.7 Å². The van der Waals surface area contributed by atoms with E-state index in [1.54, 1.807) is 10.7 Å². The standard InChI is InChI=1S/C15H18Cl3N3/c1-4-19-14(12-7-10(16)5-6-13(12)17)8-11-9(2)20-21(3)15(11)18/h5-7,14,19H,4,8H2,1-3H3. The Morgan fingerprint density at radius 3 is 2.57 bits per heavy atom. The smallest absolute Gasteiger partial charge is 0.130 e. The van der Waals surface area contributed by atoms with Gasteiger partial charge in [-0.3, -0.25) is 4.68 Å². The Hall–Kier alpha value is -0.740. The minimum Gasteiger partial charge on any atom is -0.310 e. The molecule has 21 heavy (non-hydrogen) atoms. The second-order valence-corrected chi connectivity index (χ2v) is 6.16. The maximum Gasteiger partial charge on any atom is 0.130 e. The summed E-state index contributed by atoms with van der Waals surface area (Å²) in [6.07, 6.45) is 0.715. The summed E-state index contributed by atoms with van der Waals surface area (Å²) in [6, 6.07) is 5.55. The molecule has 0 saturated heterocycles. The van der Waals surface area contributed by atoms with Gasteiger partial charge in [0.1, 0.15) is 5.15 Å². The summed E-state index contributed by atoms with van der Waals surface area (Å²) in [7, 11) is 1.84. The monoisotopic (exact) mass is 345 g/mol. The average molecular weight is 347 g/mol. The molecule has 0 spiro atoms. The lowest BCUT2D eigenvalue weighted by atomic mass is 9.99. The van der Waals surface area contributed by atoms with Gasteiger partial charge in [0.25, 0.3) is 0 Å². The van der Waals surface area contributed by atoms with Gasteiger partial charge in [-0.25, -0.2) is 0 Å². The van der Waals surface area contributed by atoms with Crippen molar-refractivity contribution in [2.45, 2.75) is 26.3 Å². The number of benzene rings is 1. The molecule has 0 fully saturated rings. The Bertz CT molecular complexity index is 637. The van der Waals surface area contributed by atoms with E-state index in [4.69, 9.17) is 34.8 Å². The van der Waals surface area contributed by atoms with E-state index in [2.05, 4.69) is 17.3 Å². The Morgan fingerprint density at radius 1 is 1.29 bits per heavy atom. The molecular formula is C15H18Cl3N3. The molecule has 0 amide bonds. The van der Waals surface area contributed by atoms with Gasteiger partial charge in [0.15, 0.2) is 0 Å². The van der Waals surface area contributed by atoms with Crippen molar-refractivity contribution in [3.8, 4) is 0 Å². The van der Waals surface area contributed by atoms with Gasteiger partial charge in [0.2, 0.25) is 0 Å². The molecule has 0 aliphatic heterocycles. The highest BCUT2D eigenvalue weighted by atomic mass is 35.5. The van der Waals surface area contributed by atoms with Crippen LogP contribution in [0.4, 0.5) is 0 Å². The van der Waals surface area contributed by atoms with Crippen LogP contribution in [-0.4, -0.2) is 16.3 Å². The van der Waals surface area contributed by atoms with Gasteiger partial charge in [-0.2, -0.15) is 5.10 Å². The Balaban J connectivity index is 2.37. The fourth-order valence-electron chi connectivity index (χ4n) is 2.43. The molecule has 0 saturated carbocycles. The van der Waals surface area contributed by atoms with Gasteiger partial charge in [-0.15, -0.1) is 0 Å². The molecule has 0 radical (unpaired) electrons. The quantitative estimate of drug-likeness (QED) is 0.858. The summed E-state index contributed by atoms with van der Waals surface area (Å²) in [5.74, 6) is 0. The lowest BCUT2D eigenvalue weighted by Gasteiger charge is -2.20. The van der Waals surface area contributed by atoms with Crippen LogP contribution in [0.1, 0.15) is 29.8 Å². The summed E-state index contributed by atoms with van der Waals surface area (Å²) in [6.45, 7) is 4.84. The predicted octanol–water partition coefficient (Wildman–Crippen LogP) is 4.58. The van der Waals surface area contributed by atoms with E-state index in [1.807, 2.05) is 26.1 Å². The van der Waals surface area contributed by atoms with Gasteiger partial charge < -0.3 is 5.32 Å². The molecule has 0 aliphatic carbocycles. The summed E-state index contributed by atoms with van der Waals surface area (Å²) < 4.78 is 1.69. The van der Waals surface area contributed by atoms with Crippen molar-refractivity contribution in [3.63, 3.8) is 0 Å². The van der Waals surface area contributed by atoms with Gasteiger partial charge >= 0.3 is 0 Å². The van der Waals surface area contributed by atoms with Crippen LogP contribution in [0.3, 0.4) is 0 Å². The molecule has 2 aromatic rings. The van der Waals surface area contributed by atoms with Crippen LogP contribution in [0.15, 0.2) is 18.2 Å². The number of hydrogen-bond donors (Lipinski definition) is 1. The normalized spacial score (nSPS) is 12.7. The lowest BCUT2D eigenvalue weighted by Crippen LogP contribution is -2.23. The number of likely N-dealkylation sites (N-methyl/N-ethyl adjacent to an activating group) is 1. The van der Waals surface area contributed by atoms with Crippen LogP contribution in [0.25, 0.3) is 0 Å². The molecule has 1 heterocycles. The molecule has 0 bridgehead atoms. The molecular weight excluding hydrogens is 329 g/mol. The van der Waals surface area contributed by atoms with Gasteiger partial charge in [0.05, 0.1) is 5.69 Å². The number of halogens is 3. The van der Waals surface area contributed by atoms with Gasteiger partial charge in [-0.1, -0.05) is 41.7 Å². The zero-order valence-corrected chi connectivity index (χ0v) is 14.5. The molecule has 114 valence electrons. The largest absolute Gasteiger partial charge is 0.310 e. The maximum atomic E-state index is 6.33. The SMILES string of the molecule is CCNC(Cc1c(C)nn(C)c1Cl)c1cc(Cl)ccc1Cl. The predicted molar refractivity (Wildman–Crippen MR) is 89.5 cm³/mol. The van der Waals surface area contributed by atoms with E-state index in [9.17, 15) is 0 Å². The fraction of sp³-hybridized carbons (Fsp3) is 0.400. The third-order valence-corrected chi connectivity index (χ3v) is 4.51. The van der Waals surface area contributed by atoms with Crippen LogP contribution in [0.5, 0.6) is 0 Å².